The summed E-state index contributed by atoms with van der Waals surface area (Å²) < 4.78 is 5.78. The molecule has 11 heavy (non-hydrogen) atoms. The first-order chi connectivity index (χ1) is 5.31. The van der Waals surface area contributed by atoms with E-state index < -0.39 is 0 Å². The van der Waals surface area contributed by atoms with E-state index in [4.69, 9.17) is 4.74 Å². The molecule has 0 heterocycles. The number of hydrogen-bond donors (Lipinski definition) is 0. The molecule has 0 rings (SSSR count). The first kappa shape index (κ1) is 11.2. The number of rotatable bonds is 6. The van der Waals surface area contributed by atoms with E-state index >= 15 is 0 Å². The van der Waals surface area contributed by atoms with Crippen molar-refractivity contribution in [3.05, 3.63) is 0 Å². The minimum absolute atomic E-state index is 0.0462. The number of esters is 1. The highest BCUT2D eigenvalue weighted by molar-refractivity contribution is 14.1. The minimum atomic E-state index is -0.0462. The van der Waals surface area contributed by atoms with Gasteiger partial charge in [0.05, 0.1) is 0 Å². The van der Waals surface area contributed by atoms with Gasteiger partial charge in [-0.2, -0.15) is 0 Å². The SMILES string of the molecule is CCCCCC(=O)OCCI. The van der Waals surface area contributed by atoms with E-state index in [-0.39, 0.29) is 5.97 Å². The van der Waals surface area contributed by atoms with Gasteiger partial charge in [0, 0.05) is 10.8 Å². The molecule has 0 fully saturated rings. The number of alkyl halides is 1. The Hall–Kier alpha value is 0.200. The van der Waals surface area contributed by atoms with Crippen LogP contribution in [-0.4, -0.2) is 17.0 Å². The molecule has 0 N–H and O–H groups in total. The van der Waals surface area contributed by atoms with Crippen molar-refractivity contribution in [1.82, 2.24) is 0 Å². The summed E-state index contributed by atoms with van der Waals surface area (Å²) in [5.74, 6) is -0.0462. The van der Waals surface area contributed by atoms with E-state index in [0.717, 1.165) is 23.7 Å². The Morgan fingerprint density at radius 3 is 2.73 bits per heavy atom. The van der Waals surface area contributed by atoms with Gasteiger partial charge in [-0.25, -0.2) is 0 Å². The van der Waals surface area contributed by atoms with Crippen LogP contribution in [0, 0.1) is 0 Å². The molecule has 3 heteroatoms. The van der Waals surface area contributed by atoms with Crippen LogP contribution in [0.25, 0.3) is 0 Å². The lowest BCUT2D eigenvalue weighted by molar-refractivity contribution is -0.143. The van der Waals surface area contributed by atoms with Crippen molar-refractivity contribution < 1.29 is 9.53 Å². The molecule has 0 aromatic carbocycles. The molecule has 0 aliphatic rings. The van der Waals surface area contributed by atoms with Crippen LogP contribution in [0.4, 0.5) is 0 Å². The zero-order chi connectivity index (χ0) is 8.53. The lowest BCUT2D eigenvalue weighted by Crippen LogP contribution is -2.05. The quantitative estimate of drug-likeness (QED) is 0.321. The molecule has 0 atom stereocenters. The largest absolute Gasteiger partial charge is 0.465 e. The molecular weight excluding hydrogens is 255 g/mol. The van der Waals surface area contributed by atoms with E-state index in [1.807, 2.05) is 0 Å². The van der Waals surface area contributed by atoms with E-state index in [1.165, 1.54) is 0 Å². The second-order valence-corrected chi connectivity index (χ2v) is 3.45. The Kier molecular flexibility index (Phi) is 8.45. The van der Waals surface area contributed by atoms with E-state index in [0.29, 0.717) is 13.0 Å². The molecule has 0 aliphatic heterocycles. The van der Waals surface area contributed by atoms with Crippen LogP contribution in [0.1, 0.15) is 32.6 Å². The van der Waals surface area contributed by atoms with Gasteiger partial charge in [0.25, 0.3) is 0 Å². The average molecular weight is 270 g/mol. The summed E-state index contributed by atoms with van der Waals surface area (Å²) in [5.41, 5.74) is 0. The van der Waals surface area contributed by atoms with Crippen molar-refractivity contribution in [2.75, 3.05) is 11.0 Å². The molecule has 0 bridgehead atoms. The summed E-state index contributed by atoms with van der Waals surface area (Å²) in [6.07, 6.45) is 3.83. The molecule has 0 unspecified atom stereocenters. The van der Waals surface area contributed by atoms with Crippen molar-refractivity contribution in [2.24, 2.45) is 0 Å². The van der Waals surface area contributed by atoms with Crippen molar-refractivity contribution >= 4 is 28.6 Å². The molecule has 0 radical (unpaired) electrons. The molecule has 0 aromatic heterocycles. The Labute approximate surface area is 81.8 Å². The van der Waals surface area contributed by atoms with Gasteiger partial charge < -0.3 is 4.74 Å². The summed E-state index contributed by atoms with van der Waals surface area (Å²) in [5, 5.41) is 0. The van der Waals surface area contributed by atoms with Crippen LogP contribution >= 0.6 is 22.6 Å². The lowest BCUT2D eigenvalue weighted by atomic mass is 10.2. The maximum atomic E-state index is 10.9. The summed E-state index contributed by atoms with van der Waals surface area (Å²) in [7, 11) is 0. The van der Waals surface area contributed by atoms with Crippen molar-refractivity contribution in [3.63, 3.8) is 0 Å². The fourth-order valence-electron chi connectivity index (χ4n) is 0.744. The fourth-order valence-corrected chi connectivity index (χ4v) is 0.964. The molecule has 0 saturated heterocycles. The van der Waals surface area contributed by atoms with E-state index in [9.17, 15) is 4.79 Å². The standard InChI is InChI=1S/C8H15IO2/c1-2-3-4-5-8(10)11-7-6-9/h2-7H2,1H3. The third kappa shape index (κ3) is 8.10. The molecule has 0 aliphatic carbocycles. The predicted octanol–water partition coefficient (Wildman–Crippen LogP) is 2.54. The van der Waals surface area contributed by atoms with Gasteiger partial charge in [-0.1, -0.05) is 42.4 Å². The Morgan fingerprint density at radius 2 is 2.18 bits per heavy atom. The van der Waals surface area contributed by atoms with Gasteiger partial charge in [-0.15, -0.1) is 0 Å². The topological polar surface area (TPSA) is 26.3 Å². The third-order valence-electron chi connectivity index (χ3n) is 1.32. The highest BCUT2D eigenvalue weighted by Gasteiger charge is 1.99. The van der Waals surface area contributed by atoms with Gasteiger partial charge in [0.15, 0.2) is 0 Å². The van der Waals surface area contributed by atoms with Crippen LogP contribution < -0.4 is 0 Å². The van der Waals surface area contributed by atoms with Crippen molar-refractivity contribution in [1.29, 1.82) is 0 Å². The molecule has 0 spiro atoms. The average Bonchev–Trinajstić information content (AvgIpc) is 2.01. The summed E-state index contributed by atoms with van der Waals surface area (Å²) in [6, 6.07) is 0. The molecule has 66 valence electrons. The maximum absolute atomic E-state index is 10.9. The highest BCUT2D eigenvalue weighted by Crippen LogP contribution is 2.00. The zero-order valence-electron chi connectivity index (χ0n) is 6.94. The molecule has 2 nitrogen and oxygen atoms in total. The van der Waals surface area contributed by atoms with Crippen LogP contribution in [0.15, 0.2) is 0 Å². The Bertz CT molecular complexity index is 104. The third-order valence-corrected chi connectivity index (χ3v) is 1.77. The van der Waals surface area contributed by atoms with Gasteiger partial charge in [-0.05, 0) is 6.42 Å². The van der Waals surface area contributed by atoms with Crippen LogP contribution in [0.5, 0.6) is 0 Å². The number of carbonyl (C=O) groups excluding carboxylic acids is 1. The highest BCUT2D eigenvalue weighted by atomic mass is 127. The Balaban J connectivity index is 3.09. The number of ether oxygens (including phenoxy) is 1. The van der Waals surface area contributed by atoms with Gasteiger partial charge >= 0.3 is 5.97 Å². The lowest BCUT2D eigenvalue weighted by Gasteiger charge is -2.00. The first-order valence-corrected chi connectivity index (χ1v) is 5.55. The molecule has 0 aromatic rings. The summed E-state index contributed by atoms with van der Waals surface area (Å²) in [4.78, 5) is 10.9. The number of unbranched alkanes of at least 4 members (excludes halogenated alkanes) is 2. The Morgan fingerprint density at radius 1 is 1.45 bits per heavy atom. The van der Waals surface area contributed by atoms with Crippen molar-refractivity contribution in [2.45, 2.75) is 32.6 Å². The van der Waals surface area contributed by atoms with Gasteiger partial charge in [-0.3, -0.25) is 4.79 Å². The second kappa shape index (κ2) is 8.30. The van der Waals surface area contributed by atoms with Crippen LogP contribution in [0.2, 0.25) is 0 Å². The number of carbonyl (C=O) groups is 1. The monoisotopic (exact) mass is 270 g/mol. The fraction of sp³-hybridized carbons (Fsp3) is 0.875. The molecule has 0 amide bonds. The number of halogens is 1. The second-order valence-electron chi connectivity index (χ2n) is 2.37. The van der Waals surface area contributed by atoms with E-state index in [1.54, 1.807) is 0 Å². The normalized spacial score (nSPS) is 9.64. The molecular formula is C8H15IO2. The predicted molar refractivity (Wildman–Crippen MR) is 54.0 cm³/mol. The van der Waals surface area contributed by atoms with Crippen molar-refractivity contribution in [3.8, 4) is 0 Å². The van der Waals surface area contributed by atoms with Gasteiger partial charge in [0.1, 0.15) is 6.61 Å². The minimum Gasteiger partial charge on any atom is -0.465 e. The maximum Gasteiger partial charge on any atom is 0.305 e. The number of hydrogen-bond acceptors (Lipinski definition) is 2. The van der Waals surface area contributed by atoms with Gasteiger partial charge in [0.2, 0.25) is 0 Å². The smallest absolute Gasteiger partial charge is 0.305 e. The van der Waals surface area contributed by atoms with E-state index in [2.05, 4.69) is 29.5 Å². The summed E-state index contributed by atoms with van der Waals surface area (Å²) in [6.45, 7) is 2.68. The zero-order valence-corrected chi connectivity index (χ0v) is 9.09. The van der Waals surface area contributed by atoms with Crippen LogP contribution in [0.3, 0.4) is 0 Å². The summed E-state index contributed by atoms with van der Waals surface area (Å²) >= 11 is 2.19. The van der Waals surface area contributed by atoms with Crippen LogP contribution in [-0.2, 0) is 9.53 Å². The first-order valence-electron chi connectivity index (χ1n) is 4.02. The molecule has 0 saturated carbocycles.